The lowest BCUT2D eigenvalue weighted by Crippen LogP contribution is -2.09. The molecule has 10 heavy (non-hydrogen) atoms. The van der Waals surface area contributed by atoms with Gasteiger partial charge in [-0.3, -0.25) is 0 Å². The predicted octanol–water partition coefficient (Wildman–Crippen LogP) is 0.572. The Hall–Kier alpha value is -0.280. The van der Waals surface area contributed by atoms with E-state index < -0.39 is 0 Å². The van der Waals surface area contributed by atoms with E-state index in [1.165, 1.54) is 7.11 Å². The van der Waals surface area contributed by atoms with Crippen molar-refractivity contribution in [1.29, 1.82) is 0 Å². The second kappa shape index (κ2) is 6.83. The van der Waals surface area contributed by atoms with Gasteiger partial charge in [0, 0.05) is 22.6 Å². The Morgan fingerprint density at radius 1 is 1.70 bits per heavy atom. The predicted molar refractivity (Wildman–Crippen MR) is 44.6 cm³/mol. The van der Waals surface area contributed by atoms with Gasteiger partial charge in [-0.15, -0.1) is 0 Å². The van der Waals surface area contributed by atoms with E-state index in [4.69, 9.17) is 4.74 Å². The van der Waals surface area contributed by atoms with Crippen molar-refractivity contribution in [3.63, 3.8) is 0 Å². The minimum atomic E-state index is -0.379. The van der Waals surface area contributed by atoms with Gasteiger partial charge < -0.3 is 9.47 Å². The van der Waals surface area contributed by atoms with Crippen molar-refractivity contribution in [1.82, 2.24) is 0 Å². The van der Waals surface area contributed by atoms with Crippen LogP contribution in [0.2, 0.25) is 0 Å². The third-order valence-corrected chi connectivity index (χ3v) is 1.07. The fraction of sp³-hybridized carbons (Fsp3) is 0.500. The van der Waals surface area contributed by atoms with Crippen LogP contribution in [-0.4, -0.2) is 26.3 Å². The second-order valence-electron chi connectivity index (χ2n) is 1.34. The number of carbonyl (C=O) groups excluding carboxylic acids is 1. The van der Waals surface area contributed by atoms with Gasteiger partial charge in [-0.05, 0) is 3.93 Å². The van der Waals surface area contributed by atoms with Crippen LogP contribution in [0.4, 0.5) is 0 Å². The molecule has 4 heteroatoms. The molecule has 0 rings (SSSR count). The smallest absolute Gasteiger partial charge is 0.331 e. The van der Waals surface area contributed by atoms with E-state index >= 15 is 0 Å². The molecule has 56 valence electrons. The molecule has 0 aromatic rings. The fourth-order valence-electron chi connectivity index (χ4n) is 0.272. The number of methoxy groups -OCH3 is 1. The maximum absolute atomic E-state index is 10.4. The minimum Gasteiger partial charge on any atom is -0.467 e. The van der Waals surface area contributed by atoms with Gasteiger partial charge in [0.05, 0.1) is 7.11 Å². The summed E-state index contributed by atoms with van der Waals surface area (Å²) in [6, 6.07) is 0. The molecule has 0 bridgehead atoms. The topological polar surface area (TPSA) is 35.5 Å². The largest absolute Gasteiger partial charge is 0.467 e. The van der Waals surface area contributed by atoms with Gasteiger partial charge in [0.2, 0.25) is 0 Å². The lowest BCUT2D eigenvalue weighted by atomic mass is 10.7. The molecular weight excluding hydrogens is 247 g/mol. The highest BCUT2D eigenvalue weighted by atomic mass is 127. The monoisotopic (exact) mass is 254 g/mol. The molecule has 0 saturated carbocycles. The minimum absolute atomic E-state index is 0.0260. The zero-order chi connectivity index (χ0) is 7.82. The van der Waals surface area contributed by atoms with Gasteiger partial charge in [-0.1, -0.05) is 5.92 Å². The van der Waals surface area contributed by atoms with Crippen LogP contribution in [0.25, 0.3) is 0 Å². The molecule has 0 N–H and O–H groups in total. The molecule has 0 atom stereocenters. The van der Waals surface area contributed by atoms with Crippen molar-refractivity contribution in [3.05, 3.63) is 0 Å². The molecule has 0 aromatic heterocycles. The van der Waals surface area contributed by atoms with Gasteiger partial charge in [-0.25, -0.2) is 4.79 Å². The maximum atomic E-state index is 10.4. The molecule has 0 aliphatic carbocycles. The number of halogens is 1. The number of carbonyl (C=O) groups is 1. The molecular formula is C6H7IO3. The van der Waals surface area contributed by atoms with Crippen LogP contribution >= 0.6 is 22.6 Å². The Morgan fingerprint density at radius 3 is 2.90 bits per heavy atom. The summed E-state index contributed by atoms with van der Waals surface area (Å²) >= 11 is 1.90. The molecule has 0 saturated heterocycles. The molecule has 0 spiro atoms. The molecule has 0 aliphatic rings. The van der Waals surface area contributed by atoms with Gasteiger partial charge in [-0.2, -0.15) is 0 Å². The van der Waals surface area contributed by atoms with Crippen molar-refractivity contribution >= 4 is 28.6 Å². The summed E-state index contributed by atoms with van der Waals surface area (Å²) < 4.78 is 11.7. The summed E-state index contributed by atoms with van der Waals surface area (Å²) in [5, 5.41) is 0. The SMILES string of the molecule is COC(=O)COCC#CI. The van der Waals surface area contributed by atoms with Gasteiger partial charge in [0.15, 0.2) is 0 Å². The van der Waals surface area contributed by atoms with Crippen molar-refractivity contribution in [2.24, 2.45) is 0 Å². The Morgan fingerprint density at radius 2 is 2.40 bits per heavy atom. The summed E-state index contributed by atoms with van der Waals surface area (Å²) in [7, 11) is 1.32. The van der Waals surface area contributed by atoms with E-state index in [0.717, 1.165) is 0 Å². The molecule has 0 heterocycles. The number of ether oxygens (including phenoxy) is 2. The highest BCUT2D eigenvalue weighted by Gasteiger charge is 1.96. The lowest BCUT2D eigenvalue weighted by molar-refractivity contribution is -0.145. The van der Waals surface area contributed by atoms with Crippen LogP contribution in [0, 0.1) is 9.85 Å². The average Bonchev–Trinajstić information content (AvgIpc) is 1.98. The normalized spacial score (nSPS) is 7.80. The zero-order valence-electron chi connectivity index (χ0n) is 5.52. The quantitative estimate of drug-likeness (QED) is 0.320. The first-order valence-corrected chi connectivity index (χ1v) is 3.62. The van der Waals surface area contributed by atoms with Crippen LogP contribution in [0.3, 0.4) is 0 Å². The Balaban J connectivity index is 3.17. The van der Waals surface area contributed by atoms with Crippen molar-refractivity contribution in [2.75, 3.05) is 20.3 Å². The van der Waals surface area contributed by atoms with Gasteiger partial charge in [0.1, 0.15) is 13.2 Å². The highest BCUT2D eigenvalue weighted by Crippen LogP contribution is 1.78. The first-order valence-electron chi connectivity index (χ1n) is 2.54. The van der Waals surface area contributed by atoms with Gasteiger partial charge in [0.25, 0.3) is 0 Å². The van der Waals surface area contributed by atoms with E-state index in [0.29, 0.717) is 0 Å². The Bertz CT molecular complexity index is 156. The fourth-order valence-corrected chi connectivity index (χ4v) is 0.427. The molecule has 0 amide bonds. The highest BCUT2D eigenvalue weighted by molar-refractivity contribution is 14.1. The van der Waals surface area contributed by atoms with E-state index in [1.54, 1.807) is 0 Å². The number of esters is 1. The number of rotatable bonds is 3. The molecule has 0 aromatic carbocycles. The number of hydrogen-bond donors (Lipinski definition) is 0. The third-order valence-electron chi connectivity index (χ3n) is 0.689. The number of hydrogen-bond acceptors (Lipinski definition) is 3. The van der Waals surface area contributed by atoms with E-state index in [-0.39, 0.29) is 19.2 Å². The molecule has 0 fully saturated rings. The average molecular weight is 254 g/mol. The van der Waals surface area contributed by atoms with Crippen LogP contribution in [-0.2, 0) is 14.3 Å². The summed E-state index contributed by atoms with van der Waals surface area (Å²) in [4.78, 5) is 10.4. The lowest BCUT2D eigenvalue weighted by Gasteiger charge is -1.95. The Labute approximate surface area is 73.2 Å². The maximum Gasteiger partial charge on any atom is 0.331 e. The molecule has 3 nitrogen and oxygen atoms in total. The molecule has 0 unspecified atom stereocenters. The van der Waals surface area contributed by atoms with E-state index in [2.05, 4.69) is 14.6 Å². The standard InChI is InChI=1S/C6H7IO3/c1-9-6(8)5-10-4-2-3-7/h4-5H2,1H3. The van der Waals surface area contributed by atoms with Crippen LogP contribution in [0.15, 0.2) is 0 Å². The first-order chi connectivity index (χ1) is 4.81. The summed E-state index contributed by atoms with van der Waals surface area (Å²) in [5.74, 6) is 2.25. The van der Waals surface area contributed by atoms with Crippen LogP contribution < -0.4 is 0 Å². The Kier molecular flexibility index (Phi) is 6.64. The summed E-state index contributed by atoms with van der Waals surface area (Å²) in [6.07, 6.45) is 0. The summed E-state index contributed by atoms with van der Waals surface area (Å²) in [6.45, 7) is 0.250. The third kappa shape index (κ3) is 5.85. The van der Waals surface area contributed by atoms with Gasteiger partial charge >= 0.3 is 5.97 Å². The van der Waals surface area contributed by atoms with Crippen molar-refractivity contribution < 1.29 is 14.3 Å². The van der Waals surface area contributed by atoms with Crippen LogP contribution in [0.1, 0.15) is 0 Å². The summed E-state index contributed by atoms with van der Waals surface area (Å²) in [5.41, 5.74) is 0. The molecule has 0 aliphatic heterocycles. The zero-order valence-corrected chi connectivity index (χ0v) is 7.67. The van der Waals surface area contributed by atoms with E-state index in [1.807, 2.05) is 22.6 Å². The van der Waals surface area contributed by atoms with Crippen molar-refractivity contribution in [3.8, 4) is 9.85 Å². The molecule has 0 radical (unpaired) electrons. The van der Waals surface area contributed by atoms with E-state index in [9.17, 15) is 4.79 Å². The van der Waals surface area contributed by atoms with Crippen LogP contribution in [0.5, 0.6) is 0 Å². The van der Waals surface area contributed by atoms with Crippen molar-refractivity contribution in [2.45, 2.75) is 0 Å². The second-order valence-corrected chi connectivity index (χ2v) is 1.88. The first kappa shape index (κ1) is 9.72.